The molecule has 0 bridgehead atoms. The van der Waals surface area contributed by atoms with Crippen LogP contribution in [0, 0.1) is 11.2 Å². The summed E-state index contributed by atoms with van der Waals surface area (Å²) in [7, 11) is 0. The predicted molar refractivity (Wildman–Crippen MR) is 113 cm³/mol. The second-order valence-corrected chi connectivity index (χ2v) is 7.09. The molecule has 1 aromatic carbocycles. The molecule has 1 fully saturated rings. The normalized spacial score (nSPS) is 13.4. The summed E-state index contributed by atoms with van der Waals surface area (Å²) in [4.78, 5) is 15.0. The fourth-order valence-corrected chi connectivity index (χ4v) is 3.60. The van der Waals surface area contributed by atoms with Crippen LogP contribution in [0.3, 0.4) is 0 Å². The van der Waals surface area contributed by atoms with Crippen LogP contribution in [0.4, 0.5) is 21.8 Å². The second-order valence-electron chi connectivity index (χ2n) is 7.09. The van der Waals surface area contributed by atoms with Gasteiger partial charge in [0.25, 0.3) is 0 Å². The summed E-state index contributed by atoms with van der Waals surface area (Å²) in [5.74, 6) is 0.450. The van der Waals surface area contributed by atoms with E-state index in [0.29, 0.717) is 12.4 Å². The van der Waals surface area contributed by atoms with Gasteiger partial charge in [-0.3, -0.25) is 5.41 Å². The van der Waals surface area contributed by atoms with Gasteiger partial charge in [-0.15, -0.1) is 0 Å². The molecule has 3 heterocycles. The molecule has 0 saturated carbocycles. The number of anilines is 3. The van der Waals surface area contributed by atoms with Gasteiger partial charge in [0, 0.05) is 43.0 Å². The molecule has 0 atom stereocenters. The number of aromatic hydroxyl groups is 1. The highest BCUT2D eigenvalue weighted by molar-refractivity contribution is 6.16. The van der Waals surface area contributed by atoms with Crippen molar-refractivity contribution in [2.45, 2.75) is 19.4 Å². The van der Waals surface area contributed by atoms with Crippen LogP contribution >= 0.6 is 0 Å². The van der Waals surface area contributed by atoms with Crippen molar-refractivity contribution >= 4 is 23.2 Å². The fourth-order valence-electron chi connectivity index (χ4n) is 3.60. The van der Waals surface area contributed by atoms with Crippen LogP contribution in [0.2, 0.25) is 0 Å². The number of nitrogens with zero attached hydrogens (tertiary/aromatic N) is 4. The van der Waals surface area contributed by atoms with Gasteiger partial charge in [-0.25, -0.2) is 19.3 Å². The van der Waals surface area contributed by atoms with E-state index in [2.05, 4.69) is 25.2 Å². The minimum atomic E-state index is -0.648. The Balaban J connectivity index is 1.62. The summed E-state index contributed by atoms with van der Waals surface area (Å²) in [6.07, 6.45) is 5.38. The molecule has 0 radical (unpaired) electrons. The van der Waals surface area contributed by atoms with Gasteiger partial charge in [-0.2, -0.15) is 0 Å². The summed E-state index contributed by atoms with van der Waals surface area (Å²) >= 11 is 0. The first-order valence-corrected chi connectivity index (χ1v) is 9.65. The molecule has 154 valence electrons. The Bertz CT molecular complexity index is 1060. The Kier molecular flexibility index (Phi) is 5.42. The van der Waals surface area contributed by atoms with E-state index < -0.39 is 5.82 Å². The van der Waals surface area contributed by atoms with E-state index in [4.69, 9.17) is 11.1 Å². The lowest BCUT2D eigenvalue weighted by atomic mass is 10.0. The highest BCUT2D eigenvalue weighted by Crippen LogP contribution is 2.26. The second kappa shape index (κ2) is 8.32. The van der Waals surface area contributed by atoms with E-state index >= 15 is 0 Å². The van der Waals surface area contributed by atoms with E-state index in [9.17, 15) is 9.50 Å². The third kappa shape index (κ3) is 4.00. The highest BCUT2D eigenvalue weighted by Gasteiger charge is 2.20. The largest absolute Gasteiger partial charge is 0.508 e. The summed E-state index contributed by atoms with van der Waals surface area (Å²) in [6.45, 7) is 2.37. The number of hydrogen-bond donors (Lipinski definition) is 4. The van der Waals surface area contributed by atoms with Crippen LogP contribution in [0.15, 0.2) is 42.9 Å². The molecule has 4 rings (SSSR count). The molecule has 0 unspecified atom stereocenters. The Hall–Kier alpha value is -3.75. The van der Waals surface area contributed by atoms with Crippen LogP contribution in [-0.4, -0.2) is 38.9 Å². The molecule has 30 heavy (non-hydrogen) atoms. The monoisotopic (exact) mass is 407 g/mol. The number of nitrogen functional groups attached to an aromatic ring is 1. The predicted octanol–water partition coefficient (Wildman–Crippen LogP) is 2.93. The number of aromatic nitrogens is 3. The number of pyridine rings is 1. The molecule has 0 aliphatic carbocycles. The van der Waals surface area contributed by atoms with Crippen molar-refractivity contribution in [3.63, 3.8) is 0 Å². The zero-order chi connectivity index (χ0) is 21.1. The standard InChI is InChI=1S/C21H22FN7O/c22-15-8-14(9-16(30)10-15)18(23)17-19(24)27-12-28-20(17)26-11-13-4-3-5-25-21(13)29-6-1-2-7-29/h3-5,8-10,12,23,30H,1-2,6-7,11H2,(H3,24,26,27,28). The van der Waals surface area contributed by atoms with Crippen molar-refractivity contribution in [3.8, 4) is 5.75 Å². The van der Waals surface area contributed by atoms with Crippen LogP contribution in [0.25, 0.3) is 0 Å². The lowest BCUT2D eigenvalue weighted by Crippen LogP contribution is -2.21. The summed E-state index contributed by atoms with van der Waals surface area (Å²) < 4.78 is 13.7. The molecule has 2 aromatic heterocycles. The molecule has 9 heteroatoms. The van der Waals surface area contributed by atoms with Crippen LogP contribution in [0.5, 0.6) is 5.75 Å². The number of nitrogens with one attached hydrogen (secondary N) is 2. The molecule has 3 aromatic rings. The van der Waals surface area contributed by atoms with Crippen molar-refractivity contribution < 1.29 is 9.50 Å². The van der Waals surface area contributed by atoms with Gasteiger partial charge in [-0.05, 0) is 31.0 Å². The topological polar surface area (TPSA) is 124 Å². The number of benzene rings is 1. The zero-order valence-corrected chi connectivity index (χ0v) is 16.3. The maximum absolute atomic E-state index is 13.7. The zero-order valence-electron chi connectivity index (χ0n) is 16.3. The average molecular weight is 407 g/mol. The van der Waals surface area contributed by atoms with Crippen molar-refractivity contribution in [1.29, 1.82) is 5.41 Å². The molecule has 0 amide bonds. The molecule has 1 aliphatic heterocycles. The van der Waals surface area contributed by atoms with E-state index in [1.807, 2.05) is 12.1 Å². The van der Waals surface area contributed by atoms with E-state index in [1.54, 1.807) is 6.20 Å². The number of phenols is 1. The summed E-state index contributed by atoms with van der Waals surface area (Å²) in [6, 6.07) is 7.30. The lowest BCUT2D eigenvalue weighted by molar-refractivity contribution is 0.469. The number of halogens is 1. The van der Waals surface area contributed by atoms with Crippen molar-refractivity contribution in [3.05, 3.63) is 65.4 Å². The van der Waals surface area contributed by atoms with Gasteiger partial charge in [0.2, 0.25) is 0 Å². The Morgan fingerprint density at radius 2 is 2.00 bits per heavy atom. The summed E-state index contributed by atoms with van der Waals surface area (Å²) in [5.41, 5.74) is 7.36. The molecular formula is C21H22FN7O. The van der Waals surface area contributed by atoms with Gasteiger partial charge in [-0.1, -0.05) is 6.07 Å². The third-order valence-electron chi connectivity index (χ3n) is 5.02. The average Bonchev–Trinajstić information content (AvgIpc) is 3.26. The molecule has 1 aliphatic rings. The molecule has 5 N–H and O–H groups in total. The number of nitrogens with two attached hydrogens (primary N) is 1. The number of rotatable bonds is 6. The highest BCUT2D eigenvalue weighted by atomic mass is 19.1. The first-order chi connectivity index (χ1) is 14.5. The van der Waals surface area contributed by atoms with Gasteiger partial charge in [0.1, 0.15) is 35.3 Å². The molecule has 8 nitrogen and oxygen atoms in total. The van der Waals surface area contributed by atoms with E-state index in [0.717, 1.165) is 49.4 Å². The van der Waals surface area contributed by atoms with E-state index in [-0.39, 0.29) is 28.4 Å². The fraction of sp³-hybridized carbons (Fsp3) is 0.238. The first-order valence-electron chi connectivity index (χ1n) is 9.65. The maximum atomic E-state index is 13.7. The Labute approximate surface area is 173 Å². The number of hydrogen-bond acceptors (Lipinski definition) is 8. The Morgan fingerprint density at radius 1 is 1.20 bits per heavy atom. The van der Waals surface area contributed by atoms with E-state index in [1.165, 1.54) is 12.4 Å². The third-order valence-corrected chi connectivity index (χ3v) is 5.02. The molecule has 0 spiro atoms. The van der Waals surface area contributed by atoms with Gasteiger partial charge in [0.05, 0.1) is 11.3 Å². The lowest BCUT2D eigenvalue weighted by Gasteiger charge is -2.20. The van der Waals surface area contributed by atoms with Crippen LogP contribution in [0.1, 0.15) is 29.5 Å². The minimum Gasteiger partial charge on any atom is -0.508 e. The quantitative estimate of drug-likeness (QED) is 0.463. The van der Waals surface area contributed by atoms with Gasteiger partial charge in [0.15, 0.2) is 0 Å². The van der Waals surface area contributed by atoms with Crippen molar-refractivity contribution in [2.24, 2.45) is 0 Å². The Morgan fingerprint density at radius 3 is 2.77 bits per heavy atom. The smallest absolute Gasteiger partial charge is 0.141 e. The minimum absolute atomic E-state index is 0.0867. The first kappa shape index (κ1) is 19.6. The maximum Gasteiger partial charge on any atom is 0.141 e. The number of phenolic OH excluding ortho intramolecular Hbond substituents is 1. The summed E-state index contributed by atoms with van der Waals surface area (Å²) in [5, 5.41) is 21.4. The van der Waals surface area contributed by atoms with Crippen LogP contribution < -0.4 is 16.0 Å². The van der Waals surface area contributed by atoms with Crippen molar-refractivity contribution in [2.75, 3.05) is 29.0 Å². The van der Waals surface area contributed by atoms with Crippen LogP contribution in [-0.2, 0) is 6.54 Å². The molecular weight excluding hydrogens is 385 g/mol. The van der Waals surface area contributed by atoms with Gasteiger partial charge < -0.3 is 21.1 Å². The van der Waals surface area contributed by atoms with Gasteiger partial charge >= 0.3 is 0 Å². The van der Waals surface area contributed by atoms with Crippen molar-refractivity contribution in [1.82, 2.24) is 15.0 Å². The molecule has 1 saturated heterocycles. The SMILES string of the molecule is N=C(c1cc(O)cc(F)c1)c1c(N)ncnc1NCc1cccnc1N1CCCC1.